The predicted octanol–water partition coefficient (Wildman–Crippen LogP) is 3.28. The van der Waals surface area contributed by atoms with E-state index in [2.05, 4.69) is 166 Å². The number of methoxy groups -OCH3 is 2. The first-order valence-corrected chi connectivity index (χ1v) is 20.7. The van der Waals surface area contributed by atoms with Crippen LogP contribution in [0.4, 0.5) is 0 Å². The molecular weight excluding hydrogens is 905 g/mol. The van der Waals surface area contributed by atoms with E-state index < -0.39 is 49.2 Å². The molecule has 0 saturated heterocycles. The molecule has 0 saturated carbocycles. The van der Waals surface area contributed by atoms with Crippen LogP contribution in [-0.2, 0) is 60.7 Å². The molecule has 0 atom stereocenters. The van der Waals surface area contributed by atoms with Crippen LogP contribution in [0.25, 0.3) is 0 Å². The van der Waals surface area contributed by atoms with Crippen molar-refractivity contribution in [1.82, 2.24) is 0 Å². The third kappa shape index (κ3) is 24.0. The fourth-order valence-electron chi connectivity index (χ4n) is 5.13. The van der Waals surface area contributed by atoms with Crippen molar-refractivity contribution >= 4 is 35.8 Å². The van der Waals surface area contributed by atoms with Crippen molar-refractivity contribution < 1.29 is 61.9 Å². The Balaban J connectivity index is 2.18. The molecule has 1 aliphatic heterocycles. The Bertz CT molecular complexity index is 3130. The van der Waals surface area contributed by atoms with E-state index in [-0.39, 0.29) is 56.0 Å². The van der Waals surface area contributed by atoms with Gasteiger partial charge in [-0.2, -0.15) is 0 Å². The van der Waals surface area contributed by atoms with Crippen LogP contribution in [0.3, 0.4) is 0 Å². The van der Waals surface area contributed by atoms with Gasteiger partial charge in [0, 0.05) is 42.2 Å². The highest BCUT2D eigenvalue weighted by atomic mass is 16.6. The number of esters is 6. The second-order valence-electron chi connectivity index (χ2n) is 13.1. The Morgan fingerprint density at radius 3 is 1.49 bits per heavy atom. The molecule has 1 aromatic rings. The standard InChI is InChI=1S/C58H38O13/c1-7-9-11-13-15-17-19-21-23-25-27-29-31-34-51(60)67-42-47(43-68-52(61)35-32-30-28-26-24-22-20-18-16-14-12-10-8-2)70-53(62)36-33-37-54(63)71-57-48(40-38-45(3)39-41-50(59)65-5)56(66-6)46(4)49-44-69-58(64)55(49)57/h38,47H,33,36-37,39-44H2,1-6H3/b45-38+. The summed E-state index contributed by atoms with van der Waals surface area (Å²) in [6, 6.07) is 0. The lowest BCUT2D eigenvalue weighted by Gasteiger charge is -2.19. The topological polar surface area (TPSA) is 167 Å². The van der Waals surface area contributed by atoms with E-state index in [1.165, 1.54) is 14.2 Å². The van der Waals surface area contributed by atoms with Crippen LogP contribution in [-0.4, -0.2) is 69.4 Å². The molecule has 0 unspecified atom stereocenters. The largest absolute Gasteiger partial charge is 0.496 e. The van der Waals surface area contributed by atoms with Gasteiger partial charge in [0.15, 0.2) is 11.9 Å². The second-order valence-corrected chi connectivity index (χ2v) is 13.1. The van der Waals surface area contributed by atoms with Crippen molar-refractivity contribution in [2.75, 3.05) is 27.4 Å². The number of allylic oxidation sites excluding steroid dienone is 2. The van der Waals surface area contributed by atoms with Crippen molar-refractivity contribution in [3.63, 3.8) is 0 Å². The predicted molar refractivity (Wildman–Crippen MR) is 257 cm³/mol. The van der Waals surface area contributed by atoms with Gasteiger partial charge in [0.1, 0.15) is 31.1 Å². The van der Waals surface area contributed by atoms with Crippen molar-refractivity contribution in [2.24, 2.45) is 0 Å². The fourth-order valence-corrected chi connectivity index (χ4v) is 5.13. The van der Waals surface area contributed by atoms with Crippen LogP contribution >= 0.6 is 0 Å². The Labute approximate surface area is 413 Å². The summed E-state index contributed by atoms with van der Waals surface area (Å²) in [5.74, 6) is 63.1. The molecule has 1 heterocycles. The summed E-state index contributed by atoms with van der Waals surface area (Å²) >= 11 is 0. The van der Waals surface area contributed by atoms with Gasteiger partial charge in [0.05, 0.1) is 14.2 Å². The van der Waals surface area contributed by atoms with Crippen LogP contribution in [0.5, 0.6) is 11.5 Å². The van der Waals surface area contributed by atoms with Gasteiger partial charge in [0.25, 0.3) is 0 Å². The number of hydrogen-bond donors (Lipinski definition) is 0. The number of hydrogen-bond acceptors (Lipinski definition) is 13. The molecule has 13 nitrogen and oxygen atoms in total. The molecule has 0 aromatic heterocycles. The van der Waals surface area contributed by atoms with Gasteiger partial charge in [0.2, 0.25) is 0 Å². The molecule has 1 aliphatic rings. The second kappa shape index (κ2) is 34.7. The maximum Gasteiger partial charge on any atom is 0.385 e. The Morgan fingerprint density at radius 2 is 1.04 bits per heavy atom. The van der Waals surface area contributed by atoms with E-state index in [1.54, 1.807) is 20.8 Å². The Hall–Kier alpha value is -10.6. The van der Waals surface area contributed by atoms with Gasteiger partial charge in [-0.1, -0.05) is 23.5 Å². The molecule has 0 fully saturated rings. The van der Waals surface area contributed by atoms with Crippen LogP contribution in [0.15, 0.2) is 11.6 Å². The molecule has 0 spiro atoms. The molecule has 0 bridgehead atoms. The number of cyclic esters (lactones) is 1. The van der Waals surface area contributed by atoms with Gasteiger partial charge in [-0.3, -0.25) is 14.4 Å². The molecular formula is C58H38O13. The highest BCUT2D eigenvalue weighted by Gasteiger charge is 2.34. The van der Waals surface area contributed by atoms with Gasteiger partial charge in [-0.15, -0.1) is 0 Å². The van der Waals surface area contributed by atoms with Gasteiger partial charge in [-0.05, 0) is 195 Å². The zero-order valence-corrected chi connectivity index (χ0v) is 39.3. The summed E-state index contributed by atoms with van der Waals surface area (Å²) in [7, 11) is 2.74. The molecule has 13 heteroatoms. The molecule has 348 valence electrons. The van der Waals surface area contributed by atoms with E-state index in [0.29, 0.717) is 28.9 Å². The molecule has 0 aliphatic carbocycles. The zero-order valence-electron chi connectivity index (χ0n) is 39.3. The average molecular weight is 943 g/mol. The summed E-state index contributed by atoms with van der Waals surface area (Å²) in [5.41, 5.74) is 2.44. The minimum atomic E-state index is -1.35. The van der Waals surface area contributed by atoms with E-state index in [9.17, 15) is 28.8 Å². The lowest BCUT2D eigenvalue weighted by atomic mass is 9.94. The molecule has 0 N–H and O–H groups in total. The first-order valence-electron chi connectivity index (χ1n) is 20.7. The van der Waals surface area contributed by atoms with Crippen molar-refractivity contribution in [3.05, 3.63) is 33.9 Å². The van der Waals surface area contributed by atoms with Crippen molar-refractivity contribution in [2.45, 2.75) is 78.9 Å². The van der Waals surface area contributed by atoms with Crippen molar-refractivity contribution in [3.8, 4) is 177 Å². The summed E-state index contributed by atoms with van der Waals surface area (Å²) in [6.07, 6.45) is 0.456. The smallest absolute Gasteiger partial charge is 0.385 e. The third-order valence-corrected chi connectivity index (χ3v) is 8.26. The van der Waals surface area contributed by atoms with Crippen LogP contribution in [0.2, 0.25) is 0 Å². The molecule has 0 radical (unpaired) electrons. The average Bonchev–Trinajstić information content (AvgIpc) is 3.75. The quantitative estimate of drug-likeness (QED) is 0.0593. The minimum Gasteiger partial charge on any atom is -0.496 e. The molecule has 2 rings (SSSR count). The maximum absolute atomic E-state index is 13.3. The highest BCUT2D eigenvalue weighted by Crippen LogP contribution is 2.43. The van der Waals surface area contributed by atoms with Crippen LogP contribution in [0.1, 0.15) is 79.9 Å². The van der Waals surface area contributed by atoms with Gasteiger partial charge >= 0.3 is 35.8 Å². The zero-order chi connectivity index (χ0) is 51.9. The Morgan fingerprint density at radius 1 is 0.592 bits per heavy atom. The fraction of sp³-hybridized carbons (Fsp3) is 0.276. The number of rotatable bonds is 16. The first kappa shape index (κ1) is 56.5. The third-order valence-electron chi connectivity index (χ3n) is 8.26. The first-order chi connectivity index (χ1) is 34.4. The number of carbonyl (C=O) groups is 6. The normalized spacial score (nSPS) is 9.00. The molecule has 0 amide bonds. The lowest BCUT2D eigenvalue weighted by Crippen LogP contribution is -2.30. The van der Waals surface area contributed by atoms with E-state index in [1.807, 2.05) is 13.0 Å². The minimum absolute atomic E-state index is 0.0466. The molecule has 1 aromatic carbocycles. The SMILES string of the molecule is CC#CC#CC#CC#CC#CC#CC#CC(=O)OCC(COC(=O)C#CC#CC#CC#CC#CC#CC#CC)OC(=O)CCCC(=O)Oc1c(C/C=C(\C)CCC(=O)OC)c(OC)c(C)c2c1C(=O)OC2. The maximum atomic E-state index is 13.3. The lowest BCUT2D eigenvalue weighted by molar-refractivity contribution is -0.163. The highest BCUT2D eigenvalue weighted by molar-refractivity contribution is 5.99. The summed E-state index contributed by atoms with van der Waals surface area (Å²) in [4.78, 5) is 75.6. The summed E-state index contributed by atoms with van der Waals surface area (Å²) < 4.78 is 37.1. The van der Waals surface area contributed by atoms with E-state index >= 15 is 0 Å². The van der Waals surface area contributed by atoms with Crippen molar-refractivity contribution in [1.29, 1.82) is 0 Å². The van der Waals surface area contributed by atoms with E-state index in [4.69, 9.17) is 33.2 Å². The van der Waals surface area contributed by atoms with Crippen LogP contribution < -0.4 is 9.47 Å². The number of ether oxygens (including phenoxy) is 7. The van der Waals surface area contributed by atoms with E-state index in [0.717, 1.165) is 5.57 Å². The molecule has 71 heavy (non-hydrogen) atoms. The Kier molecular flexibility index (Phi) is 27.7. The van der Waals surface area contributed by atoms with Crippen LogP contribution in [0, 0.1) is 173 Å². The number of fused-ring (bicyclic) bond motifs is 1. The number of carbonyl (C=O) groups excluding carboxylic acids is 6. The summed E-state index contributed by atoms with van der Waals surface area (Å²) in [6.45, 7) is 5.58. The van der Waals surface area contributed by atoms with Gasteiger partial charge < -0.3 is 33.2 Å². The number of benzene rings is 1. The monoisotopic (exact) mass is 942 g/mol. The summed E-state index contributed by atoms with van der Waals surface area (Å²) in [5, 5.41) is 0. The van der Waals surface area contributed by atoms with Gasteiger partial charge in [-0.25, -0.2) is 14.4 Å².